The van der Waals surface area contributed by atoms with Crippen molar-refractivity contribution in [1.29, 1.82) is 0 Å². The van der Waals surface area contributed by atoms with Crippen LogP contribution in [0.3, 0.4) is 0 Å². The van der Waals surface area contributed by atoms with Crippen LogP contribution in [0.15, 0.2) is 24.3 Å². The second-order valence-electron chi connectivity index (χ2n) is 3.80. The molecule has 104 valence electrons. The Bertz CT molecular complexity index is 710. The van der Waals surface area contributed by atoms with E-state index in [2.05, 4.69) is 0 Å². The number of hydrogen-bond acceptors (Lipinski definition) is 1. The summed E-state index contributed by atoms with van der Waals surface area (Å²) in [5.74, 6) is -0.458. The average molecular weight is 389 g/mol. The van der Waals surface area contributed by atoms with Crippen molar-refractivity contribution < 1.29 is 4.79 Å². The van der Waals surface area contributed by atoms with Crippen molar-refractivity contribution in [3.63, 3.8) is 0 Å². The summed E-state index contributed by atoms with van der Waals surface area (Å²) in [5.41, 5.74) is 0.269. The number of rotatable bonds is 2. The van der Waals surface area contributed by atoms with Gasteiger partial charge in [-0.1, -0.05) is 69.6 Å². The van der Waals surface area contributed by atoms with Crippen molar-refractivity contribution in [2.24, 2.45) is 0 Å². The van der Waals surface area contributed by atoms with E-state index < -0.39 is 5.78 Å². The molecule has 0 radical (unpaired) electrons. The molecule has 2 aromatic rings. The van der Waals surface area contributed by atoms with Crippen LogP contribution in [0.25, 0.3) is 0 Å². The van der Waals surface area contributed by atoms with Crippen molar-refractivity contribution in [3.05, 3.63) is 65.5 Å². The summed E-state index contributed by atoms with van der Waals surface area (Å²) in [5, 5.41) is 0.922. The van der Waals surface area contributed by atoms with Crippen molar-refractivity contribution in [2.75, 3.05) is 0 Å². The van der Waals surface area contributed by atoms with E-state index in [1.165, 1.54) is 18.2 Å². The topological polar surface area (TPSA) is 17.1 Å². The highest BCUT2D eigenvalue weighted by atomic mass is 35.5. The van der Waals surface area contributed by atoms with Crippen LogP contribution in [-0.4, -0.2) is 5.78 Å². The molecular formula is C13H4Cl6O. The minimum Gasteiger partial charge on any atom is -0.288 e. The minimum atomic E-state index is -0.458. The smallest absolute Gasteiger partial charge is 0.197 e. The van der Waals surface area contributed by atoms with Gasteiger partial charge in [-0.15, -0.1) is 0 Å². The van der Waals surface area contributed by atoms with Crippen molar-refractivity contribution in [3.8, 4) is 0 Å². The van der Waals surface area contributed by atoms with E-state index >= 15 is 0 Å². The van der Waals surface area contributed by atoms with Crippen LogP contribution in [-0.2, 0) is 0 Å². The first-order valence-corrected chi connectivity index (χ1v) is 7.42. The van der Waals surface area contributed by atoms with Gasteiger partial charge in [0.15, 0.2) is 5.78 Å². The lowest BCUT2D eigenvalue weighted by molar-refractivity contribution is 0.103. The van der Waals surface area contributed by atoms with E-state index in [9.17, 15) is 4.79 Å². The molecule has 0 saturated heterocycles. The largest absolute Gasteiger partial charge is 0.288 e. The molecule has 1 nitrogen and oxygen atoms in total. The van der Waals surface area contributed by atoms with Crippen molar-refractivity contribution >= 4 is 75.4 Å². The van der Waals surface area contributed by atoms with Crippen molar-refractivity contribution in [2.45, 2.75) is 0 Å². The molecule has 0 atom stereocenters. The zero-order chi connectivity index (χ0) is 15.0. The van der Waals surface area contributed by atoms with Crippen LogP contribution >= 0.6 is 69.6 Å². The third-order valence-corrected chi connectivity index (χ3v) is 4.62. The first kappa shape index (κ1) is 16.2. The fourth-order valence-corrected chi connectivity index (χ4v) is 3.16. The van der Waals surface area contributed by atoms with Crippen LogP contribution < -0.4 is 0 Å². The quantitative estimate of drug-likeness (QED) is 0.312. The molecule has 0 spiro atoms. The third kappa shape index (κ3) is 3.04. The highest BCUT2D eigenvalue weighted by Gasteiger charge is 2.22. The number of benzene rings is 2. The predicted octanol–water partition coefficient (Wildman–Crippen LogP) is 6.84. The van der Waals surface area contributed by atoms with Gasteiger partial charge in [0, 0.05) is 10.6 Å². The molecule has 0 unspecified atom stereocenters. The summed E-state index contributed by atoms with van der Waals surface area (Å²) in [4.78, 5) is 12.5. The molecule has 2 rings (SSSR count). The first-order valence-electron chi connectivity index (χ1n) is 5.15. The van der Waals surface area contributed by atoms with Gasteiger partial charge in [0.2, 0.25) is 0 Å². The monoisotopic (exact) mass is 386 g/mol. The summed E-state index contributed by atoms with van der Waals surface area (Å²) >= 11 is 35.6. The summed E-state index contributed by atoms with van der Waals surface area (Å²) in [6.07, 6.45) is 0. The summed E-state index contributed by atoms with van der Waals surface area (Å²) in [6, 6.07) is 5.84. The van der Waals surface area contributed by atoms with Gasteiger partial charge < -0.3 is 0 Å². The molecule has 0 fully saturated rings. The first-order chi connectivity index (χ1) is 9.32. The number of carbonyl (C=O) groups excluding carboxylic acids is 1. The second kappa shape index (κ2) is 6.31. The number of carbonyl (C=O) groups is 1. The highest BCUT2D eigenvalue weighted by molar-refractivity contribution is 6.52. The molecule has 20 heavy (non-hydrogen) atoms. The molecule has 2 aromatic carbocycles. The van der Waals surface area contributed by atoms with Gasteiger partial charge in [0.05, 0.1) is 30.7 Å². The zero-order valence-corrected chi connectivity index (χ0v) is 14.0. The Morgan fingerprint density at radius 1 is 0.750 bits per heavy atom. The normalized spacial score (nSPS) is 10.7. The lowest BCUT2D eigenvalue weighted by Gasteiger charge is -2.10. The van der Waals surface area contributed by atoms with E-state index in [1.807, 2.05) is 0 Å². The van der Waals surface area contributed by atoms with Gasteiger partial charge in [-0.05, 0) is 24.3 Å². The van der Waals surface area contributed by atoms with Gasteiger partial charge in [0.1, 0.15) is 0 Å². The lowest BCUT2D eigenvalue weighted by atomic mass is 10.0. The van der Waals surface area contributed by atoms with Gasteiger partial charge in [0.25, 0.3) is 0 Å². The summed E-state index contributed by atoms with van der Waals surface area (Å²) in [6.45, 7) is 0. The SMILES string of the molecule is O=C(c1ccc(Cl)cc1Cl)c1c(Cl)cc(Cl)c(Cl)c1Cl. The van der Waals surface area contributed by atoms with E-state index in [4.69, 9.17) is 69.6 Å². The molecular weight excluding hydrogens is 385 g/mol. The summed E-state index contributed by atoms with van der Waals surface area (Å²) in [7, 11) is 0. The van der Waals surface area contributed by atoms with Crippen LogP contribution in [0.4, 0.5) is 0 Å². The van der Waals surface area contributed by atoms with Gasteiger partial charge in [-0.25, -0.2) is 0 Å². The molecule has 0 heterocycles. The van der Waals surface area contributed by atoms with Gasteiger partial charge in [-0.3, -0.25) is 4.79 Å². The maximum absolute atomic E-state index is 12.5. The van der Waals surface area contributed by atoms with Crippen LogP contribution in [0.5, 0.6) is 0 Å². The second-order valence-corrected chi connectivity index (χ2v) is 6.21. The number of hydrogen-bond donors (Lipinski definition) is 0. The Labute approximate surface area is 145 Å². The van der Waals surface area contributed by atoms with Crippen LogP contribution in [0, 0.1) is 0 Å². The van der Waals surface area contributed by atoms with E-state index in [0.29, 0.717) is 5.02 Å². The molecule has 0 amide bonds. The third-order valence-electron chi connectivity index (χ3n) is 2.52. The average Bonchev–Trinajstić information content (AvgIpc) is 2.36. The van der Waals surface area contributed by atoms with Gasteiger partial charge >= 0.3 is 0 Å². The number of ketones is 1. The molecule has 7 heteroatoms. The van der Waals surface area contributed by atoms with E-state index in [1.54, 1.807) is 6.07 Å². The van der Waals surface area contributed by atoms with Crippen LogP contribution in [0.2, 0.25) is 30.1 Å². The Morgan fingerprint density at radius 3 is 2.00 bits per heavy atom. The molecule has 0 aliphatic rings. The van der Waals surface area contributed by atoms with E-state index in [0.717, 1.165) is 0 Å². The van der Waals surface area contributed by atoms with Crippen molar-refractivity contribution in [1.82, 2.24) is 0 Å². The molecule has 0 aromatic heterocycles. The highest BCUT2D eigenvalue weighted by Crippen LogP contribution is 2.39. The Balaban J connectivity index is 2.63. The molecule has 0 aliphatic heterocycles. The minimum absolute atomic E-state index is 0.0137. The summed E-state index contributed by atoms with van der Waals surface area (Å²) < 4.78 is 0. The van der Waals surface area contributed by atoms with Gasteiger partial charge in [-0.2, -0.15) is 0 Å². The Morgan fingerprint density at radius 2 is 1.40 bits per heavy atom. The Hall–Kier alpha value is -0.150. The molecule has 0 N–H and O–H groups in total. The standard InChI is InChI=1S/C13H4Cl6O/c14-5-1-2-6(7(15)3-5)13(20)10-8(16)4-9(17)11(18)12(10)19/h1-4H. The maximum Gasteiger partial charge on any atom is 0.197 e. The van der Waals surface area contributed by atoms with E-state index in [-0.39, 0.29) is 36.2 Å². The lowest BCUT2D eigenvalue weighted by Crippen LogP contribution is -2.04. The Kier molecular flexibility index (Phi) is 5.12. The zero-order valence-electron chi connectivity index (χ0n) is 9.49. The molecule has 0 bridgehead atoms. The molecule has 0 aliphatic carbocycles. The fourth-order valence-electron chi connectivity index (χ4n) is 1.58. The fraction of sp³-hybridized carbons (Fsp3) is 0. The molecule has 0 saturated carbocycles. The maximum atomic E-state index is 12.5. The number of halogens is 6. The van der Waals surface area contributed by atoms with Crippen LogP contribution in [0.1, 0.15) is 15.9 Å². The predicted molar refractivity (Wildman–Crippen MR) is 86.4 cm³/mol.